The summed E-state index contributed by atoms with van der Waals surface area (Å²) in [5.41, 5.74) is 6.05. The van der Waals surface area contributed by atoms with E-state index >= 15 is 0 Å². The number of anilines is 1. The molecule has 0 spiro atoms. The van der Waals surface area contributed by atoms with E-state index < -0.39 is 11.0 Å². The van der Waals surface area contributed by atoms with Crippen molar-refractivity contribution in [2.45, 2.75) is 38.8 Å². The lowest BCUT2D eigenvalue weighted by Gasteiger charge is -2.57. The fourth-order valence-corrected chi connectivity index (χ4v) is 3.04. The summed E-state index contributed by atoms with van der Waals surface area (Å²) in [5.74, 6) is -0.426. The summed E-state index contributed by atoms with van der Waals surface area (Å²) in [6.07, 6.45) is 2.08. The van der Waals surface area contributed by atoms with E-state index in [0.717, 1.165) is 0 Å². The van der Waals surface area contributed by atoms with Crippen molar-refractivity contribution in [2.24, 2.45) is 11.1 Å². The smallest absolute Gasteiger partial charge is 0.251 e. The van der Waals surface area contributed by atoms with Gasteiger partial charge >= 0.3 is 0 Å². The van der Waals surface area contributed by atoms with E-state index in [-0.39, 0.29) is 30.3 Å². The maximum Gasteiger partial charge on any atom is 0.251 e. The molecule has 144 valence electrons. The van der Waals surface area contributed by atoms with Gasteiger partial charge in [0, 0.05) is 36.2 Å². The second-order valence-corrected chi connectivity index (χ2v) is 6.87. The van der Waals surface area contributed by atoms with Crippen LogP contribution < -0.4 is 16.4 Å². The molecule has 1 aromatic rings. The maximum atomic E-state index is 12.7. The van der Waals surface area contributed by atoms with Gasteiger partial charge in [0.2, 0.25) is 5.91 Å². The zero-order valence-corrected chi connectivity index (χ0v) is 16.3. The second-order valence-electron chi connectivity index (χ2n) is 6.87. The topological polar surface area (TPSA) is 93.5 Å². The van der Waals surface area contributed by atoms with Crippen LogP contribution in [0.4, 0.5) is 5.69 Å². The van der Waals surface area contributed by atoms with Crippen LogP contribution in [0.5, 0.6) is 0 Å². The third kappa shape index (κ3) is 4.09. The normalized spacial score (nSPS) is 23.2. The third-order valence-electron chi connectivity index (χ3n) is 5.05. The Morgan fingerprint density at radius 1 is 1.35 bits per heavy atom. The highest BCUT2D eigenvalue weighted by Gasteiger charge is 2.62. The summed E-state index contributed by atoms with van der Waals surface area (Å²) in [6, 6.07) is 6.70. The van der Waals surface area contributed by atoms with Crippen molar-refractivity contribution < 1.29 is 14.3 Å². The number of halogens is 1. The molecule has 7 heteroatoms. The number of nitrogens with two attached hydrogens (primary N) is 1. The van der Waals surface area contributed by atoms with Gasteiger partial charge in [0.25, 0.3) is 5.91 Å². The van der Waals surface area contributed by atoms with Gasteiger partial charge in [-0.1, -0.05) is 19.9 Å². The van der Waals surface area contributed by atoms with Gasteiger partial charge in [-0.15, -0.1) is 19.0 Å². The van der Waals surface area contributed by atoms with Crippen molar-refractivity contribution in [2.75, 3.05) is 18.5 Å². The molecule has 6 nitrogen and oxygen atoms in total. The van der Waals surface area contributed by atoms with Crippen molar-refractivity contribution in [1.82, 2.24) is 5.32 Å². The molecule has 2 atom stereocenters. The fourth-order valence-electron chi connectivity index (χ4n) is 3.04. The predicted octanol–water partition coefficient (Wildman–Crippen LogP) is 2.50. The number of nitrogens with one attached hydrogen (secondary N) is 2. The molecule has 4 N–H and O–H groups in total. The molecule has 0 aliphatic heterocycles. The monoisotopic (exact) mass is 381 g/mol. The summed E-state index contributed by atoms with van der Waals surface area (Å²) in [4.78, 5) is 24.5. The van der Waals surface area contributed by atoms with Crippen LogP contribution in [0.2, 0.25) is 0 Å². The minimum absolute atomic E-state index is 0. The molecule has 2 rings (SSSR count). The lowest BCUT2D eigenvalue weighted by atomic mass is 9.54. The minimum atomic E-state index is -0.979. The number of carbonyl (C=O) groups is 2. The number of amides is 2. The van der Waals surface area contributed by atoms with Gasteiger partial charge in [-0.05, 0) is 31.2 Å². The molecular weight excluding hydrogens is 354 g/mol. The van der Waals surface area contributed by atoms with E-state index in [1.54, 1.807) is 30.3 Å². The van der Waals surface area contributed by atoms with Crippen molar-refractivity contribution in [1.29, 1.82) is 0 Å². The SMILES string of the molecule is C=CCNC(=O)c1ccc(NC(=O)C2(N)CC(OCC)C2(C)C)cc1.Cl. The Morgan fingerprint density at radius 2 is 1.96 bits per heavy atom. The average molecular weight is 382 g/mol. The first-order valence-electron chi connectivity index (χ1n) is 8.47. The Bertz CT molecular complexity index is 660. The molecule has 2 unspecified atom stereocenters. The molecular formula is C19H28ClN3O3. The quantitative estimate of drug-likeness (QED) is 0.632. The minimum Gasteiger partial charge on any atom is -0.378 e. The maximum absolute atomic E-state index is 12.7. The molecule has 1 fully saturated rings. The van der Waals surface area contributed by atoms with Crippen LogP contribution in [0.15, 0.2) is 36.9 Å². The molecule has 1 aliphatic rings. The number of hydrogen-bond acceptors (Lipinski definition) is 4. The molecule has 26 heavy (non-hydrogen) atoms. The number of carbonyl (C=O) groups excluding carboxylic acids is 2. The van der Waals surface area contributed by atoms with E-state index in [9.17, 15) is 9.59 Å². The van der Waals surface area contributed by atoms with Crippen LogP contribution >= 0.6 is 12.4 Å². The molecule has 2 amide bonds. The first-order chi connectivity index (χ1) is 11.8. The summed E-state index contributed by atoms with van der Waals surface area (Å²) in [7, 11) is 0. The molecule has 0 heterocycles. The van der Waals surface area contributed by atoms with Gasteiger partial charge in [0.1, 0.15) is 5.54 Å². The van der Waals surface area contributed by atoms with Gasteiger partial charge in [0.15, 0.2) is 0 Å². The van der Waals surface area contributed by atoms with Crippen LogP contribution in [0.25, 0.3) is 0 Å². The average Bonchev–Trinajstić information content (AvgIpc) is 2.59. The Morgan fingerprint density at radius 3 is 2.46 bits per heavy atom. The Balaban J connectivity index is 0.00000338. The van der Waals surface area contributed by atoms with Crippen LogP contribution in [0, 0.1) is 5.41 Å². The van der Waals surface area contributed by atoms with Crippen LogP contribution in [0.3, 0.4) is 0 Å². The number of hydrogen-bond donors (Lipinski definition) is 3. The van der Waals surface area contributed by atoms with Crippen molar-refractivity contribution in [3.63, 3.8) is 0 Å². The predicted molar refractivity (Wildman–Crippen MR) is 106 cm³/mol. The van der Waals surface area contributed by atoms with Gasteiger partial charge in [0.05, 0.1) is 6.10 Å². The van der Waals surface area contributed by atoms with Crippen LogP contribution in [-0.4, -0.2) is 36.6 Å². The highest BCUT2D eigenvalue weighted by atomic mass is 35.5. The molecule has 1 aliphatic carbocycles. The van der Waals surface area contributed by atoms with E-state index in [2.05, 4.69) is 17.2 Å². The van der Waals surface area contributed by atoms with Crippen molar-refractivity contribution >= 4 is 29.9 Å². The molecule has 0 saturated heterocycles. The highest BCUT2D eigenvalue weighted by Crippen LogP contribution is 2.50. The zero-order chi connectivity index (χ0) is 18.7. The van der Waals surface area contributed by atoms with Crippen molar-refractivity contribution in [3.05, 3.63) is 42.5 Å². The Hall–Kier alpha value is -1.89. The molecule has 0 bridgehead atoms. The van der Waals surface area contributed by atoms with E-state index in [1.165, 1.54) is 0 Å². The summed E-state index contributed by atoms with van der Waals surface area (Å²) >= 11 is 0. The molecule has 0 aromatic heterocycles. The van der Waals surface area contributed by atoms with E-state index in [4.69, 9.17) is 10.5 Å². The van der Waals surface area contributed by atoms with Gasteiger partial charge in [-0.2, -0.15) is 0 Å². The number of benzene rings is 1. The number of rotatable bonds is 7. The van der Waals surface area contributed by atoms with Crippen molar-refractivity contribution in [3.8, 4) is 0 Å². The Kier molecular flexibility index (Phi) is 7.38. The second kappa shape index (κ2) is 8.66. The van der Waals surface area contributed by atoms with Gasteiger partial charge in [-0.25, -0.2) is 0 Å². The zero-order valence-electron chi connectivity index (χ0n) is 15.5. The summed E-state index contributed by atoms with van der Waals surface area (Å²) < 4.78 is 5.65. The fraction of sp³-hybridized carbons (Fsp3) is 0.474. The standard InChI is InChI=1S/C19H27N3O3.ClH/c1-5-11-21-16(23)13-7-9-14(10-8-13)22-17(24)19(20)12-15(25-6-2)18(19,3)4;/h5,7-10,15H,1,6,11-12,20H2,2-4H3,(H,21,23)(H,22,24);1H. The molecule has 0 radical (unpaired) electrons. The largest absolute Gasteiger partial charge is 0.378 e. The first-order valence-corrected chi connectivity index (χ1v) is 8.47. The third-order valence-corrected chi connectivity index (χ3v) is 5.05. The lowest BCUT2D eigenvalue weighted by Crippen LogP contribution is -2.74. The Labute approximate surface area is 161 Å². The van der Waals surface area contributed by atoms with E-state index in [1.807, 2.05) is 20.8 Å². The van der Waals surface area contributed by atoms with Gasteiger partial charge < -0.3 is 21.1 Å². The lowest BCUT2D eigenvalue weighted by molar-refractivity contribution is -0.166. The first kappa shape index (κ1) is 22.2. The molecule has 1 saturated carbocycles. The summed E-state index contributed by atoms with van der Waals surface area (Å²) in [5, 5.41) is 5.55. The van der Waals surface area contributed by atoms with Gasteiger partial charge in [-0.3, -0.25) is 9.59 Å². The van der Waals surface area contributed by atoms with Crippen LogP contribution in [-0.2, 0) is 9.53 Å². The molecule has 1 aromatic carbocycles. The van der Waals surface area contributed by atoms with E-state index in [0.29, 0.717) is 30.8 Å². The highest BCUT2D eigenvalue weighted by molar-refractivity contribution is 6.00. The number of ether oxygens (including phenoxy) is 1. The summed E-state index contributed by atoms with van der Waals surface area (Å²) in [6.45, 7) is 10.4. The van der Waals surface area contributed by atoms with Crippen LogP contribution in [0.1, 0.15) is 37.6 Å².